The zero-order valence-corrected chi connectivity index (χ0v) is 12.7. The molecule has 0 saturated heterocycles. The summed E-state index contributed by atoms with van der Waals surface area (Å²) >= 11 is 0. The molecule has 0 fully saturated rings. The lowest BCUT2D eigenvalue weighted by Gasteiger charge is -2.19. The van der Waals surface area contributed by atoms with Gasteiger partial charge in [0.2, 0.25) is 0 Å². The summed E-state index contributed by atoms with van der Waals surface area (Å²) in [5, 5.41) is 2.68. The van der Waals surface area contributed by atoms with Crippen LogP contribution in [0.5, 0.6) is 5.75 Å². The van der Waals surface area contributed by atoms with Gasteiger partial charge in [0, 0.05) is 6.54 Å². The van der Waals surface area contributed by atoms with E-state index in [2.05, 4.69) is 5.32 Å². The van der Waals surface area contributed by atoms with Gasteiger partial charge in [0.05, 0.1) is 12.3 Å². The molecule has 0 aliphatic carbocycles. The van der Waals surface area contributed by atoms with E-state index in [0.29, 0.717) is 31.0 Å². The quantitative estimate of drug-likeness (QED) is 0.642. The molecule has 5 nitrogen and oxygen atoms in total. The molecule has 0 aliphatic heterocycles. The summed E-state index contributed by atoms with van der Waals surface area (Å²) in [6.07, 6.45) is 0.277. The van der Waals surface area contributed by atoms with Crippen molar-refractivity contribution in [3.8, 4) is 5.75 Å². The van der Waals surface area contributed by atoms with Crippen molar-refractivity contribution in [1.29, 1.82) is 0 Å². The van der Waals surface area contributed by atoms with Crippen LogP contribution in [-0.2, 0) is 4.74 Å². The molecule has 20 heavy (non-hydrogen) atoms. The maximum absolute atomic E-state index is 11.4. The van der Waals surface area contributed by atoms with Crippen molar-refractivity contribution >= 4 is 11.8 Å². The summed E-state index contributed by atoms with van der Waals surface area (Å²) in [5.41, 5.74) is 7.08. The number of carbonyl (C=O) groups is 1. The normalized spacial score (nSPS) is 11.0. The van der Waals surface area contributed by atoms with Crippen molar-refractivity contribution in [3.63, 3.8) is 0 Å². The predicted molar refractivity (Wildman–Crippen MR) is 79.9 cm³/mol. The van der Waals surface area contributed by atoms with E-state index in [0.717, 1.165) is 5.56 Å². The van der Waals surface area contributed by atoms with E-state index in [1.807, 2.05) is 45.9 Å². The molecule has 0 saturated carbocycles. The van der Waals surface area contributed by atoms with E-state index in [1.165, 1.54) is 0 Å². The third kappa shape index (κ3) is 5.82. The Labute approximate surface area is 120 Å². The van der Waals surface area contributed by atoms with Gasteiger partial charge in [0.25, 0.3) is 0 Å². The standard InChI is InChI=1S/C15H24N2O3/c1-11-7-5-8-12(13(11)16)19-10-6-9-17-14(18)20-15(2,3)4/h5,7-8H,6,9-10,16H2,1-4H3,(H,17,18). The Morgan fingerprint density at radius 3 is 2.70 bits per heavy atom. The minimum absolute atomic E-state index is 0.410. The number of nitrogens with one attached hydrogen (secondary N) is 1. The second kappa shape index (κ2) is 7.03. The maximum Gasteiger partial charge on any atom is 0.407 e. The van der Waals surface area contributed by atoms with Crippen LogP contribution in [0.4, 0.5) is 10.5 Å². The van der Waals surface area contributed by atoms with Crippen LogP contribution in [0.25, 0.3) is 0 Å². The van der Waals surface area contributed by atoms with Gasteiger partial charge in [0.15, 0.2) is 0 Å². The van der Waals surface area contributed by atoms with Crippen molar-refractivity contribution in [2.45, 2.75) is 39.7 Å². The van der Waals surface area contributed by atoms with E-state index < -0.39 is 11.7 Å². The molecule has 1 rings (SSSR count). The first-order valence-electron chi connectivity index (χ1n) is 6.74. The summed E-state index contributed by atoms with van der Waals surface area (Å²) in [6.45, 7) is 8.42. The third-order valence-electron chi connectivity index (χ3n) is 2.53. The Balaban J connectivity index is 2.23. The molecule has 112 valence electrons. The smallest absolute Gasteiger partial charge is 0.407 e. The number of nitrogens with two attached hydrogens (primary N) is 1. The van der Waals surface area contributed by atoms with Crippen LogP contribution in [0.15, 0.2) is 18.2 Å². The molecule has 0 unspecified atom stereocenters. The summed E-state index contributed by atoms with van der Waals surface area (Å²) in [6, 6.07) is 5.68. The lowest BCUT2D eigenvalue weighted by atomic mass is 10.2. The Morgan fingerprint density at radius 2 is 2.05 bits per heavy atom. The van der Waals surface area contributed by atoms with Crippen LogP contribution in [0, 0.1) is 6.92 Å². The number of ether oxygens (including phenoxy) is 2. The van der Waals surface area contributed by atoms with Gasteiger partial charge in [-0.25, -0.2) is 4.79 Å². The summed E-state index contributed by atoms with van der Waals surface area (Å²) in [4.78, 5) is 11.4. The van der Waals surface area contributed by atoms with Crippen molar-refractivity contribution < 1.29 is 14.3 Å². The molecular formula is C15H24N2O3. The summed E-state index contributed by atoms with van der Waals surface area (Å²) in [5.74, 6) is 0.683. The number of rotatable bonds is 5. The van der Waals surface area contributed by atoms with E-state index in [9.17, 15) is 4.79 Å². The number of benzene rings is 1. The van der Waals surface area contributed by atoms with Gasteiger partial charge >= 0.3 is 6.09 Å². The van der Waals surface area contributed by atoms with Gasteiger partial charge in [0.1, 0.15) is 11.4 Å². The largest absolute Gasteiger partial charge is 0.491 e. The van der Waals surface area contributed by atoms with Gasteiger partial charge in [-0.15, -0.1) is 0 Å². The van der Waals surface area contributed by atoms with E-state index in [1.54, 1.807) is 0 Å². The molecule has 5 heteroatoms. The van der Waals surface area contributed by atoms with E-state index in [-0.39, 0.29) is 0 Å². The average Bonchev–Trinajstić information content (AvgIpc) is 2.31. The fraction of sp³-hybridized carbons (Fsp3) is 0.533. The summed E-state index contributed by atoms with van der Waals surface area (Å²) < 4.78 is 10.7. The van der Waals surface area contributed by atoms with Crippen molar-refractivity contribution in [1.82, 2.24) is 5.32 Å². The molecule has 0 radical (unpaired) electrons. The van der Waals surface area contributed by atoms with Crippen LogP contribution in [0.2, 0.25) is 0 Å². The number of hydrogen-bond acceptors (Lipinski definition) is 4. The Kier molecular flexibility index (Phi) is 5.67. The van der Waals surface area contributed by atoms with E-state index >= 15 is 0 Å². The third-order valence-corrected chi connectivity index (χ3v) is 2.53. The molecule has 1 amide bonds. The number of anilines is 1. The highest BCUT2D eigenvalue weighted by Gasteiger charge is 2.15. The predicted octanol–water partition coefficient (Wildman–Crippen LogP) is 2.87. The minimum atomic E-state index is -0.476. The number of hydrogen-bond donors (Lipinski definition) is 2. The highest BCUT2D eigenvalue weighted by Crippen LogP contribution is 2.24. The van der Waals surface area contributed by atoms with Gasteiger partial charge < -0.3 is 20.5 Å². The second-order valence-corrected chi connectivity index (χ2v) is 5.62. The molecule has 0 spiro atoms. The van der Waals surface area contributed by atoms with Gasteiger partial charge in [-0.05, 0) is 45.7 Å². The second-order valence-electron chi connectivity index (χ2n) is 5.62. The number of amides is 1. The first-order chi connectivity index (χ1) is 9.29. The van der Waals surface area contributed by atoms with Crippen molar-refractivity contribution in [3.05, 3.63) is 23.8 Å². The molecule has 0 aromatic heterocycles. The van der Waals surface area contributed by atoms with Gasteiger partial charge in [-0.3, -0.25) is 0 Å². The molecule has 1 aromatic carbocycles. The lowest BCUT2D eigenvalue weighted by molar-refractivity contribution is 0.0525. The van der Waals surface area contributed by atoms with Crippen LogP contribution < -0.4 is 15.8 Å². The van der Waals surface area contributed by atoms with E-state index in [4.69, 9.17) is 15.2 Å². The SMILES string of the molecule is Cc1cccc(OCCCNC(=O)OC(C)(C)C)c1N. The molecular weight excluding hydrogens is 256 g/mol. The average molecular weight is 280 g/mol. The van der Waals surface area contributed by atoms with Crippen molar-refractivity contribution in [2.75, 3.05) is 18.9 Å². The number of nitrogen functional groups attached to an aromatic ring is 1. The molecule has 0 aliphatic rings. The Bertz CT molecular complexity index is 453. The highest BCUT2D eigenvalue weighted by molar-refractivity contribution is 5.67. The molecule has 0 atom stereocenters. The lowest BCUT2D eigenvalue weighted by Crippen LogP contribution is -2.33. The topological polar surface area (TPSA) is 73.6 Å². The van der Waals surface area contributed by atoms with Crippen LogP contribution in [0.3, 0.4) is 0 Å². The first-order valence-corrected chi connectivity index (χ1v) is 6.74. The number of para-hydroxylation sites is 1. The van der Waals surface area contributed by atoms with Crippen LogP contribution in [-0.4, -0.2) is 24.8 Å². The van der Waals surface area contributed by atoms with Crippen molar-refractivity contribution in [2.24, 2.45) is 0 Å². The molecule has 0 bridgehead atoms. The first kappa shape index (κ1) is 16.1. The fourth-order valence-electron chi connectivity index (χ4n) is 1.54. The van der Waals surface area contributed by atoms with Gasteiger partial charge in [-0.2, -0.15) is 0 Å². The van der Waals surface area contributed by atoms with Gasteiger partial charge in [-0.1, -0.05) is 12.1 Å². The Morgan fingerprint density at radius 1 is 1.35 bits per heavy atom. The highest BCUT2D eigenvalue weighted by atomic mass is 16.6. The monoisotopic (exact) mass is 280 g/mol. The Hall–Kier alpha value is -1.91. The fourth-order valence-corrected chi connectivity index (χ4v) is 1.54. The maximum atomic E-state index is 11.4. The minimum Gasteiger partial charge on any atom is -0.491 e. The number of alkyl carbamates (subject to hydrolysis) is 1. The van der Waals surface area contributed by atoms with Crippen LogP contribution >= 0.6 is 0 Å². The molecule has 3 N–H and O–H groups in total. The zero-order chi connectivity index (χ0) is 15.2. The van der Waals surface area contributed by atoms with Crippen LogP contribution in [0.1, 0.15) is 32.8 Å². The molecule has 1 aromatic rings. The summed E-state index contributed by atoms with van der Waals surface area (Å²) in [7, 11) is 0. The zero-order valence-electron chi connectivity index (χ0n) is 12.7. The number of aryl methyl sites for hydroxylation is 1. The molecule has 0 heterocycles. The number of carbonyl (C=O) groups excluding carboxylic acids is 1.